The van der Waals surface area contributed by atoms with E-state index in [1.165, 1.54) is 7.11 Å². The van der Waals surface area contributed by atoms with E-state index in [2.05, 4.69) is 28.7 Å². The lowest BCUT2D eigenvalue weighted by Gasteiger charge is -2.20. The Morgan fingerprint density at radius 3 is 2.93 bits per heavy atom. The molecule has 0 bridgehead atoms. The number of esters is 1. The van der Waals surface area contributed by atoms with E-state index in [0.717, 1.165) is 25.0 Å². The van der Waals surface area contributed by atoms with Gasteiger partial charge in [0, 0.05) is 12.3 Å². The van der Waals surface area contributed by atoms with Crippen molar-refractivity contribution in [2.45, 2.75) is 58.5 Å². The van der Waals surface area contributed by atoms with Gasteiger partial charge in [0.25, 0.3) is 0 Å². The minimum absolute atomic E-state index is 0.172. The number of fused-ring (bicyclic) bond motifs is 1. The number of nitrogens with zero attached hydrogens (tertiary/aromatic N) is 1. The van der Waals surface area contributed by atoms with Crippen LogP contribution in [0.1, 0.15) is 52.4 Å². The molecule has 150 valence electrons. The van der Waals surface area contributed by atoms with Crippen molar-refractivity contribution >= 4 is 11.7 Å². The number of rotatable bonds is 8. The molecule has 2 aliphatic rings. The van der Waals surface area contributed by atoms with Crippen LogP contribution >= 0.6 is 0 Å². The topological polar surface area (TPSA) is 88.4 Å². The fourth-order valence-corrected chi connectivity index (χ4v) is 4.07. The van der Waals surface area contributed by atoms with Crippen molar-refractivity contribution in [3.63, 3.8) is 0 Å². The van der Waals surface area contributed by atoms with Crippen molar-refractivity contribution < 1.29 is 24.6 Å². The first-order valence-corrected chi connectivity index (χ1v) is 9.67. The van der Waals surface area contributed by atoms with Crippen molar-refractivity contribution in [3.8, 4) is 11.8 Å². The van der Waals surface area contributed by atoms with Gasteiger partial charge in [-0.3, -0.25) is 4.79 Å². The van der Waals surface area contributed by atoms with Gasteiger partial charge in [-0.1, -0.05) is 12.1 Å². The molecule has 0 heterocycles. The summed E-state index contributed by atoms with van der Waals surface area (Å²) in [6, 6.07) is 0. The summed E-state index contributed by atoms with van der Waals surface area (Å²) in [4.78, 5) is 16.3. The summed E-state index contributed by atoms with van der Waals surface area (Å²) in [5.41, 5.74) is 0.936. The van der Waals surface area contributed by atoms with E-state index in [1.54, 1.807) is 0 Å². The third-order valence-corrected chi connectivity index (χ3v) is 5.51. The summed E-state index contributed by atoms with van der Waals surface area (Å²) in [5, 5.41) is 25.1. The van der Waals surface area contributed by atoms with Gasteiger partial charge in [-0.15, -0.1) is 11.8 Å². The summed E-state index contributed by atoms with van der Waals surface area (Å²) in [7, 11) is 1.34. The molecule has 6 nitrogen and oxygen atoms in total. The second kappa shape index (κ2) is 10.4. The smallest absolute Gasteiger partial charge is 0.309 e. The molecule has 1 unspecified atom stereocenters. The minimum Gasteiger partial charge on any atom is -0.512 e. The van der Waals surface area contributed by atoms with Crippen LogP contribution in [0.25, 0.3) is 0 Å². The molecule has 0 amide bonds. The standard InChI is InChI=1S/C21H31NO5/c1-4-5-6-14(2)7-8-18(23)21-17-13-16(11-15(17)12-19(21)24)22-27-10-9-20(25)26-3/h8,14-15,17,19,21,23-24H,6-7,9-13H2,1-3H3/b18-8+,22-16+/t14?,15-,17-,19+,21-/m1/s1. The quantitative estimate of drug-likeness (QED) is 0.223. The highest BCUT2D eigenvalue weighted by molar-refractivity contribution is 5.86. The first-order valence-electron chi connectivity index (χ1n) is 9.67. The average molecular weight is 377 g/mol. The van der Waals surface area contributed by atoms with E-state index in [9.17, 15) is 15.0 Å². The van der Waals surface area contributed by atoms with Crippen LogP contribution in [0.3, 0.4) is 0 Å². The molecule has 27 heavy (non-hydrogen) atoms. The molecular formula is C21H31NO5. The van der Waals surface area contributed by atoms with E-state index in [4.69, 9.17) is 4.84 Å². The number of oxime groups is 1. The predicted octanol–water partition coefficient (Wildman–Crippen LogP) is 3.21. The van der Waals surface area contributed by atoms with Gasteiger partial charge in [-0.2, -0.15) is 0 Å². The lowest BCUT2D eigenvalue weighted by Crippen LogP contribution is -2.22. The number of allylic oxidation sites excluding steroid dienone is 1. The molecule has 0 saturated heterocycles. The second-order valence-corrected chi connectivity index (χ2v) is 7.58. The number of methoxy groups -OCH3 is 1. The maximum absolute atomic E-state index is 11.1. The zero-order chi connectivity index (χ0) is 19.8. The number of carbonyl (C=O) groups excluding carboxylic acids is 1. The Kier molecular flexibility index (Phi) is 8.18. The Morgan fingerprint density at radius 2 is 2.22 bits per heavy atom. The van der Waals surface area contributed by atoms with E-state index in [-0.39, 0.29) is 30.8 Å². The van der Waals surface area contributed by atoms with Gasteiger partial charge in [0.2, 0.25) is 0 Å². The number of carbonyl (C=O) groups is 1. The normalized spacial score (nSPS) is 29.8. The van der Waals surface area contributed by atoms with Crippen molar-refractivity contribution in [1.29, 1.82) is 0 Å². The van der Waals surface area contributed by atoms with Gasteiger partial charge >= 0.3 is 5.97 Å². The van der Waals surface area contributed by atoms with Gasteiger partial charge in [0.15, 0.2) is 0 Å². The summed E-state index contributed by atoms with van der Waals surface area (Å²) in [5.74, 6) is 6.55. The highest BCUT2D eigenvalue weighted by atomic mass is 16.6. The van der Waals surface area contributed by atoms with Gasteiger partial charge in [-0.25, -0.2) is 0 Å². The van der Waals surface area contributed by atoms with Gasteiger partial charge in [0.05, 0.1) is 31.1 Å². The highest BCUT2D eigenvalue weighted by Crippen LogP contribution is 2.49. The van der Waals surface area contributed by atoms with Crippen molar-refractivity contribution in [3.05, 3.63) is 11.8 Å². The third kappa shape index (κ3) is 6.00. The van der Waals surface area contributed by atoms with E-state index in [1.807, 2.05) is 13.0 Å². The zero-order valence-electron chi connectivity index (χ0n) is 16.5. The summed E-state index contributed by atoms with van der Waals surface area (Å²) < 4.78 is 4.56. The number of hydrogen-bond acceptors (Lipinski definition) is 6. The summed E-state index contributed by atoms with van der Waals surface area (Å²) >= 11 is 0. The first kappa shape index (κ1) is 21.3. The van der Waals surface area contributed by atoms with Crippen LogP contribution < -0.4 is 0 Å². The van der Waals surface area contributed by atoms with Gasteiger partial charge in [-0.05, 0) is 56.4 Å². The number of aliphatic hydroxyl groups is 2. The van der Waals surface area contributed by atoms with Crippen LogP contribution in [0.15, 0.2) is 17.0 Å². The molecule has 2 N–H and O–H groups in total. The molecule has 0 radical (unpaired) electrons. The van der Waals surface area contributed by atoms with Gasteiger partial charge in [0.1, 0.15) is 6.61 Å². The fourth-order valence-electron chi connectivity index (χ4n) is 4.07. The lowest BCUT2D eigenvalue weighted by atomic mass is 9.88. The van der Waals surface area contributed by atoms with E-state index < -0.39 is 6.10 Å². The number of aliphatic hydroxyl groups excluding tert-OH is 2. The molecule has 0 aromatic rings. The van der Waals surface area contributed by atoms with Crippen LogP contribution in [0.5, 0.6) is 0 Å². The molecular weight excluding hydrogens is 346 g/mol. The molecule has 5 atom stereocenters. The Hall–Kier alpha value is -2.00. The number of hydrogen-bond donors (Lipinski definition) is 2. The van der Waals surface area contributed by atoms with E-state index in [0.29, 0.717) is 30.4 Å². The maximum Gasteiger partial charge on any atom is 0.309 e. The Morgan fingerprint density at radius 1 is 1.44 bits per heavy atom. The average Bonchev–Trinajstić information content (AvgIpc) is 3.16. The maximum atomic E-state index is 11.1. The van der Waals surface area contributed by atoms with Crippen molar-refractivity contribution in [2.24, 2.45) is 28.8 Å². The largest absolute Gasteiger partial charge is 0.512 e. The molecule has 0 aromatic heterocycles. The first-order chi connectivity index (χ1) is 13.0. The van der Waals surface area contributed by atoms with Crippen molar-refractivity contribution in [2.75, 3.05) is 13.7 Å². The lowest BCUT2D eigenvalue weighted by molar-refractivity contribution is -0.141. The Balaban J connectivity index is 1.89. The van der Waals surface area contributed by atoms with Crippen molar-refractivity contribution in [1.82, 2.24) is 0 Å². The fraction of sp³-hybridized carbons (Fsp3) is 0.714. The molecule has 0 aliphatic heterocycles. The third-order valence-electron chi connectivity index (χ3n) is 5.51. The molecule has 2 aliphatic carbocycles. The van der Waals surface area contributed by atoms with E-state index >= 15 is 0 Å². The van der Waals surface area contributed by atoms with Crippen LogP contribution in [0, 0.1) is 35.5 Å². The molecule has 0 aromatic carbocycles. The number of ether oxygens (including phenoxy) is 1. The Bertz CT molecular complexity index is 630. The minimum atomic E-state index is -0.510. The molecule has 2 fully saturated rings. The summed E-state index contributed by atoms with van der Waals surface area (Å²) in [6.07, 6.45) is 5.21. The second-order valence-electron chi connectivity index (χ2n) is 7.58. The predicted molar refractivity (Wildman–Crippen MR) is 103 cm³/mol. The molecule has 2 rings (SSSR count). The molecule has 6 heteroatoms. The summed E-state index contributed by atoms with van der Waals surface area (Å²) in [6.45, 7) is 4.13. The van der Waals surface area contributed by atoms with Crippen LogP contribution in [-0.2, 0) is 14.4 Å². The molecule has 2 saturated carbocycles. The van der Waals surface area contributed by atoms with Crippen LogP contribution in [0.4, 0.5) is 0 Å². The van der Waals surface area contributed by atoms with Gasteiger partial charge < -0.3 is 19.8 Å². The highest BCUT2D eigenvalue weighted by Gasteiger charge is 2.48. The SMILES string of the molecule is CC#CCC(C)C/C=C(/O)[C@H]1[C@@H]2C/C(=N/OCCC(=O)OC)C[C@@H]2C[C@@H]1O. The van der Waals surface area contributed by atoms with Crippen LogP contribution in [-0.4, -0.2) is 41.7 Å². The van der Waals surface area contributed by atoms with Crippen LogP contribution in [0.2, 0.25) is 0 Å². The molecule has 0 spiro atoms. The zero-order valence-corrected chi connectivity index (χ0v) is 16.5. The Labute approximate surface area is 161 Å². The monoisotopic (exact) mass is 377 g/mol.